The van der Waals surface area contributed by atoms with Crippen molar-refractivity contribution in [3.8, 4) is 0 Å². The molecule has 6 heteroatoms. The largest absolute Gasteiger partial charge is 0.480 e. The molecule has 0 fully saturated rings. The van der Waals surface area contributed by atoms with Gasteiger partial charge in [0.05, 0.1) is 10.6 Å². The van der Waals surface area contributed by atoms with Gasteiger partial charge in [-0.3, -0.25) is 4.79 Å². The first kappa shape index (κ1) is 16.5. The fourth-order valence-electron chi connectivity index (χ4n) is 1.90. The highest BCUT2D eigenvalue weighted by molar-refractivity contribution is 7.91. The number of rotatable bonds is 7. The number of sulfone groups is 1. The molecule has 0 amide bonds. The molecular formula is C14H21NO4S. The monoisotopic (exact) mass is 299 g/mol. The fraction of sp³-hybridized carbons (Fsp3) is 0.500. The number of carboxylic acid groups (broad SMARTS) is 1. The van der Waals surface area contributed by atoms with E-state index in [0.29, 0.717) is 12.5 Å². The van der Waals surface area contributed by atoms with E-state index < -0.39 is 15.8 Å². The first-order chi connectivity index (χ1) is 9.26. The van der Waals surface area contributed by atoms with Gasteiger partial charge in [0.1, 0.15) is 6.54 Å². The van der Waals surface area contributed by atoms with Gasteiger partial charge in [0, 0.05) is 12.2 Å². The highest BCUT2D eigenvalue weighted by Gasteiger charge is 2.15. The molecule has 0 spiro atoms. The lowest BCUT2D eigenvalue weighted by Gasteiger charge is -2.25. The Morgan fingerprint density at radius 3 is 2.20 bits per heavy atom. The Kier molecular flexibility index (Phi) is 5.56. The minimum absolute atomic E-state index is 0.0528. The maximum Gasteiger partial charge on any atom is 0.323 e. The minimum Gasteiger partial charge on any atom is -0.480 e. The fourth-order valence-corrected chi connectivity index (χ4v) is 2.78. The van der Waals surface area contributed by atoms with E-state index >= 15 is 0 Å². The van der Waals surface area contributed by atoms with Gasteiger partial charge >= 0.3 is 5.97 Å². The summed E-state index contributed by atoms with van der Waals surface area (Å²) in [6, 6.07) is 6.38. The van der Waals surface area contributed by atoms with E-state index in [1.165, 1.54) is 12.1 Å². The zero-order valence-corrected chi connectivity index (χ0v) is 12.9. The van der Waals surface area contributed by atoms with Crippen LogP contribution in [-0.4, -0.2) is 38.3 Å². The summed E-state index contributed by atoms with van der Waals surface area (Å²) in [4.78, 5) is 12.9. The van der Waals surface area contributed by atoms with E-state index in [0.717, 1.165) is 5.69 Å². The molecule has 0 unspecified atom stereocenters. The van der Waals surface area contributed by atoms with Crippen LogP contribution >= 0.6 is 0 Å². The Morgan fingerprint density at radius 2 is 1.80 bits per heavy atom. The highest BCUT2D eigenvalue weighted by Crippen LogP contribution is 2.19. The van der Waals surface area contributed by atoms with Crippen LogP contribution in [0.4, 0.5) is 5.69 Å². The van der Waals surface area contributed by atoms with Crippen molar-refractivity contribution in [3.05, 3.63) is 24.3 Å². The molecular weight excluding hydrogens is 278 g/mol. The zero-order chi connectivity index (χ0) is 15.3. The Morgan fingerprint density at radius 1 is 1.25 bits per heavy atom. The lowest BCUT2D eigenvalue weighted by Crippen LogP contribution is -2.32. The molecule has 0 aromatic heterocycles. The summed E-state index contributed by atoms with van der Waals surface area (Å²) >= 11 is 0. The molecule has 1 aromatic carbocycles. The number of aliphatic carboxylic acids is 1. The third kappa shape index (κ3) is 4.52. The molecule has 0 saturated heterocycles. The summed E-state index contributed by atoms with van der Waals surface area (Å²) < 4.78 is 23.5. The van der Waals surface area contributed by atoms with Gasteiger partial charge < -0.3 is 10.0 Å². The number of nitrogens with zero attached hydrogens (tertiary/aromatic N) is 1. The second kappa shape index (κ2) is 6.74. The molecule has 0 aliphatic rings. The quantitative estimate of drug-likeness (QED) is 0.834. The lowest BCUT2D eigenvalue weighted by molar-refractivity contribution is -0.135. The predicted molar refractivity (Wildman–Crippen MR) is 78.9 cm³/mol. The van der Waals surface area contributed by atoms with Crippen molar-refractivity contribution in [2.45, 2.75) is 25.7 Å². The second-order valence-corrected chi connectivity index (χ2v) is 7.34. The number of benzene rings is 1. The van der Waals surface area contributed by atoms with Crippen LogP contribution in [0.5, 0.6) is 0 Å². The van der Waals surface area contributed by atoms with Gasteiger partial charge in [0.25, 0.3) is 0 Å². The highest BCUT2D eigenvalue weighted by atomic mass is 32.2. The third-order valence-electron chi connectivity index (χ3n) is 2.85. The molecule has 1 N–H and O–H groups in total. The van der Waals surface area contributed by atoms with E-state index in [4.69, 9.17) is 5.11 Å². The van der Waals surface area contributed by atoms with Crippen molar-refractivity contribution in [3.63, 3.8) is 0 Å². The van der Waals surface area contributed by atoms with Crippen molar-refractivity contribution in [2.24, 2.45) is 5.92 Å². The van der Waals surface area contributed by atoms with Gasteiger partial charge in [-0.15, -0.1) is 0 Å². The number of carbonyl (C=O) groups is 1. The molecule has 112 valence electrons. The Bertz CT molecular complexity index is 549. The smallest absolute Gasteiger partial charge is 0.323 e. The van der Waals surface area contributed by atoms with Gasteiger partial charge in [0.15, 0.2) is 9.84 Å². The van der Waals surface area contributed by atoms with Crippen LogP contribution in [0.1, 0.15) is 20.8 Å². The Balaban J connectivity index is 3.01. The zero-order valence-electron chi connectivity index (χ0n) is 12.0. The molecule has 0 heterocycles. The van der Waals surface area contributed by atoms with Crippen molar-refractivity contribution in [2.75, 3.05) is 23.7 Å². The van der Waals surface area contributed by atoms with Crippen LogP contribution < -0.4 is 4.90 Å². The van der Waals surface area contributed by atoms with Crippen LogP contribution in [0, 0.1) is 5.92 Å². The van der Waals surface area contributed by atoms with E-state index in [2.05, 4.69) is 0 Å². The molecule has 20 heavy (non-hydrogen) atoms. The standard InChI is InChI=1S/C14H21NO4S/c1-4-20(18,19)13-7-5-12(6-8-13)15(9-11(2)3)10-14(16)17/h5-8,11H,4,9-10H2,1-3H3,(H,16,17). The van der Waals surface area contributed by atoms with Crippen LogP contribution in [0.3, 0.4) is 0 Å². The van der Waals surface area contributed by atoms with E-state index in [1.54, 1.807) is 24.0 Å². The third-order valence-corrected chi connectivity index (χ3v) is 4.60. The Hall–Kier alpha value is -1.56. The summed E-state index contributed by atoms with van der Waals surface area (Å²) in [5.74, 6) is -0.540. The van der Waals surface area contributed by atoms with Gasteiger partial charge in [-0.05, 0) is 30.2 Å². The lowest BCUT2D eigenvalue weighted by atomic mass is 10.2. The molecule has 0 saturated carbocycles. The van der Waals surface area contributed by atoms with Crippen LogP contribution in [0.2, 0.25) is 0 Å². The molecule has 1 aromatic rings. The van der Waals surface area contributed by atoms with Gasteiger partial charge in [-0.25, -0.2) is 8.42 Å². The maximum absolute atomic E-state index is 11.7. The summed E-state index contributed by atoms with van der Waals surface area (Å²) in [6.45, 7) is 6.11. The summed E-state index contributed by atoms with van der Waals surface area (Å²) in [5, 5.41) is 8.94. The number of hydrogen-bond acceptors (Lipinski definition) is 4. The van der Waals surface area contributed by atoms with Gasteiger partial charge in [-0.1, -0.05) is 20.8 Å². The van der Waals surface area contributed by atoms with Crippen molar-refractivity contribution < 1.29 is 18.3 Å². The molecule has 1 rings (SSSR count). The molecule has 5 nitrogen and oxygen atoms in total. The first-order valence-corrected chi connectivity index (χ1v) is 8.21. The number of hydrogen-bond donors (Lipinski definition) is 1. The van der Waals surface area contributed by atoms with Crippen molar-refractivity contribution in [1.82, 2.24) is 0 Å². The Labute approximate surface area is 120 Å². The molecule has 0 atom stereocenters. The minimum atomic E-state index is -3.22. The molecule has 0 bridgehead atoms. The van der Waals surface area contributed by atoms with Crippen LogP contribution in [0.25, 0.3) is 0 Å². The van der Waals surface area contributed by atoms with Gasteiger partial charge in [0.2, 0.25) is 0 Å². The van der Waals surface area contributed by atoms with E-state index in [1.807, 2.05) is 13.8 Å². The average Bonchev–Trinajstić information content (AvgIpc) is 2.37. The summed E-state index contributed by atoms with van der Waals surface area (Å²) in [6.07, 6.45) is 0. The average molecular weight is 299 g/mol. The number of anilines is 1. The van der Waals surface area contributed by atoms with E-state index in [-0.39, 0.29) is 17.2 Å². The van der Waals surface area contributed by atoms with E-state index in [9.17, 15) is 13.2 Å². The normalized spacial score (nSPS) is 11.6. The molecule has 0 aliphatic carbocycles. The van der Waals surface area contributed by atoms with Crippen molar-refractivity contribution in [1.29, 1.82) is 0 Å². The van der Waals surface area contributed by atoms with Crippen molar-refractivity contribution >= 4 is 21.5 Å². The SMILES string of the molecule is CCS(=O)(=O)c1ccc(N(CC(=O)O)CC(C)C)cc1. The topological polar surface area (TPSA) is 74.7 Å². The van der Waals surface area contributed by atoms with Crippen LogP contribution in [-0.2, 0) is 14.6 Å². The maximum atomic E-state index is 11.7. The summed E-state index contributed by atoms with van der Waals surface area (Å²) in [7, 11) is -3.22. The van der Waals surface area contributed by atoms with Crippen LogP contribution in [0.15, 0.2) is 29.2 Å². The molecule has 0 aliphatic heterocycles. The van der Waals surface area contributed by atoms with Gasteiger partial charge in [-0.2, -0.15) is 0 Å². The predicted octanol–water partition coefficient (Wildman–Crippen LogP) is 2.03. The first-order valence-electron chi connectivity index (χ1n) is 6.55. The summed E-state index contributed by atoms with van der Waals surface area (Å²) in [5.41, 5.74) is 0.719. The molecule has 0 radical (unpaired) electrons. The second-order valence-electron chi connectivity index (χ2n) is 5.07. The number of carboxylic acids is 1.